The van der Waals surface area contributed by atoms with Gasteiger partial charge in [0.2, 0.25) is 0 Å². The van der Waals surface area contributed by atoms with Gasteiger partial charge in [-0.1, -0.05) is 37.3 Å². The van der Waals surface area contributed by atoms with Crippen molar-refractivity contribution in [3.8, 4) is 0 Å². The van der Waals surface area contributed by atoms with Crippen LogP contribution in [0.1, 0.15) is 25.3 Å². The zero-order valence-corrected chi connectivity index (χ0v) is 10.4. The van der Waals surface area contributed by atoms with Gasteiger partial charge in [0, 0.05) is 19.1 Å². The van der Waals surface area contributed by atoms with Gasteiger partial charge in [0.05, 0.1) is 12.7 Å². The van der Waals surface area contributed by atoms with Crippen LogP contribution in [-0.2, 0) is 11.3 Å². The topological polar surface area (TPSA) is 49.7 Å². The third-order valence-corrected chi connectivity index (χ3v) is 2.94. The average Bonchev–Trinajstić information content (AvgIpc) is 2.39. The van der Waals surface area contributed by atoms with Gasteiger partial charge >= 0.3 is 0 Å². The molecule has 0 aliphatic carbocycles. The summed E-state index contributed by atoms with van der Waals surface area (Å²) in [6.45, 7) is 3.08. The van der Waals surface area contributed by atoms with Crippen LogP contribution < -0.4 is 0 Å². The molecular formula is C14H22O3. The lowest BCUT2D eigenvalue weighted by Gasteiger charge is -2.19. The van der Waals surface area contributed by atoms with Crippen molar-refractivity contribution in [2.75, 3.05) is 13.2 Å². The van der Waals surface area contributed by atoms with E-state index in [-0.39, 0.29) is 12.5 Å². The predicted molar refractivity (Wildman–Crippen MR) is 67.6 cm³/mol. The fraction of sp³-hybridized carbons (Fsp3) is 0.571. The molecule has 0 amide bonds. The second kappa shape index (κ2) is 8.23. The first-order valence-corrected chi connectivity index (χ1v) is 6.18. The van der Waals surface area contributed by atoms with E-state index < -0.39 is 6.10 Å². The number of ether oxygens (including phenoxy) is 1. The monoisotopic (exact) mass is 238 g/mol. The second-order valence-electron chi connectivity index (χ2n) is 4.25. The average molecular weight is 238 g/mol. The smallest absolute Gasteiger partial charge is 0.0716 e. The van der Waals surface area contributed by atoms with E-state index >= 15 is 0 Å². The van der Waals surface area contributed by atoms with Crippen molar-refractivity contribution in [1.82, 2.24) is 0 Å². The SMILES string of the molecule is CCC(O)C(CO)CCOCc1ccccc1. The van der Waals surface area contributed by atoms with E-state index in [1.54, 1.807) is 0 Å². The lowest BCUT2D eigenvalue weighted by Crippen LogP contribution is -2.24. The lowest BCUT2D eigenvalue weighted by molar-refractivity contribution is 0.0313. The summed E-state index contributed by atoms with van der Waals surface area (Å²) in [5.74, 6) is -0.0734. The van der Waals surface area contributed by atoms with E-state index in [9.17, 15) is 5.11 Å². The van der Waals surface area contributed by atoms with Gasteiger partial charge in [-0.05, 0) is 18.4 Å². The molecule has 0 aliphatic heterocycles. The first-order valence-electron chi connectivity index (χ1n) is 6.18. The molecule has 3 nitrogen and oxygen atoms in total. The maximum atomic E-state index is 9.62. The zero-order chi connectivity index (χ0) is 12.5. The first-order chi connectivity index (χ1) is 8.27. The van der Waals surface area contributed by atoms with Crippen LogP contribution in [0.3, 0.4) is 0 Å². The fourth-order valence-electron chi connectivity index (χ4n) is 1.74. The number of aliphatic hydroxyl groups excluding tert-OH is 2. The Balaban J connectivity index is 2.19. The van der Waals surface area contributed by atoms with E-state index in [0.29, 0.717) is 26.1 Å². The Morgan fingerprint density at radius 1 is 1.24 bits per heavy atom. The molecule has 0 aromatic heterocycles. The van der Waals surface area contributed by atoms with Crippen LogP contribution >= 0.6 is 0 Å². The van der Waals surface area contributed by atoms with Gasteiger partial charge in [0.1, 0.15) is 0 Å². The van der Waals surface area contributed by atoms with Gasteiger partial charge in [0.25, 0.3) is 0 Å². The fourth-order valence-corrected chi connectivity index (χ4v) is 1.74. The maximum Gasteiger partial charge on any atom is 0.0716 e. The second-order valence-corrected chi connectivity index (χ2v) is 4.25. The van der Waals surface area contributed by atoms with Gasteiger partial charge in [-0.25, -0.2) is 0 Å². The Kier molecular flexibility index (Phi) is 6.86. The standard InChI is InChI=1S/C14H22O3/c1-2-14(16)13(10-15)8-9-17-11-12-6-4-3-5-7-12/h3-7,13-16H,2,8-11H2,1H3. The summed E-state index contributed by atoms with van der Waals surface area (Å²) in [4.78, 5) is 0. The van der Waals surface area contributed by atoms with E-state index in [1.807, 2.05) is 37.3 Å². The van der Waals surface area contributed by atoms with Crippen molar-refractivity contribution >= 4 is 0 Å². The number of hydrogen-bond acceptors (Lipinski definition) is 3. The summed E-state index contributed by atoms with van der Waals surface area (Å²) in [5.41, 5.74) is 1.14. The highest BCUT2D eigenvalue weighted by Gasteiger charge is 2.15. The molecule has 0 saturated carbocycles. The molecule has 1 rings (SSSR count). The molecule has 2 atom stereocenters. The molecule has 0 heterocycles. The van der Waals surface area contributed by atoms with Crippen LogP contribution in [0.5, 0.6) is 0 Å². The van der Waals surface area contributed by atoms with Crippen molar-refractivity contribution in [1.29, 1.82) is 0 Å². The minimum absolute atomic E-state index is 0.0176. The molecule has 96 valence electrons. The van der Waals surface area contributed by atoms with Gasteiger partial charge in [-0.15, -0.1) is 0 Å². The highest BCUT2D eigenvalue weighted by molar-refractivity contribution is 5.13. The number of aliphatic hydroxyl groups is 2. The molecule has 0 fully saturated rings. The first kappa shape index (κ1) is 14.2. The highest BCUT2D eigenvalue weighted by atomic mass is 16.5. The van der Waals surface area contributed by atoms with Crippen LogP contribution in [0, 0.1) is 5.92 Å². The Labute approximate surface area is 103 Å². The van der Waals surface area contributed by atoms with Crippen molar-refractivity contribution < 1.29 is 14.9 Å². The van der Waals surface area contributed by atoms with Crippen LogP contribution in [0.2, 0.25) is 0 Å². The Hall–Kier alpha value is -0.900. The van der Waals surface area contributed by atoms with Gasteiger partial charge in [-0.3, -0.25) is 0 Å². The molecule has 2 unspecified atom stereocenters. The van der Waals surface area contributed by atoms with Gasteiger partial charge in [0.15, 0.2) is 0 Å². The van der Waals surface area contributed by atoms with E-state index in [1.165, 1.54) is 0 Å². The molecule has 0 aliphatic rings. The van der Waals surface area contributed by atoms with Crippen molar-refractivity contribution in [2.45, 2.75) is 32.5 Å². The molecule has 0 saturated heterocycles. The van der Waals surface area contributed by atoms with E-state index in [2.05, 4.69) is 0 Å². The molecule has 17 heavy (non-hydrogen) atoms. The summed E-state index contributed by atoms with van der Waals surface area (Å²) in [5, 5.41) is 18.7. The molecule has 2 N–H and O–H groups in total. The molecule has 3 heteroatoms. The Bertz CT molecular complexity index is 287. The summed E-state index contributed by atoms with van der Waals surface area (Å²) in [7, 11) is 0. The Morgan fingerprint density at radius 2 is 1.94 bits per heavy atom. The summed E-state index contributed by atoms with van der Waals surface area (Å²) < 4.78 is 5.52. The van der Waals surface area contributed by atoms with E-state index in [4.69, 9.17) is 9.84 Å². The van der Waals surface area contributed by atoms with Crippen LogP contribution in [0.15, 0.2) is 30.3 Å². The van der Waals surface area contributed by atoms with Gasteiger partial charge < -0.3 is 14.9 Å². The lowest BCUT2D eigenvalue weighted by atomic mass is 9.98. The molecule has 0 spiro atoms. The van der Waals surface area contributed by atoms with E-state index in [0.717, 1.165) is 5.56 Å². The van der Waals surface area contributed by atoms with Crippen molar-refractivity contribution in [3.05, 3.63) is 35.9 Å². The Morgan fingerprint density at radius 3 is 2.53 bits per heavy atom. The third-order valence-electron chi connectivity index (χ3n) is 2.94. The minimum atomic E-state index is -0.430. The highest BCUT2D eigenvalue weighted by Crippen LogP contribution is 2.12. The summed E-state index contributed by atoms with van der Waals surface area (Å²) in [6, 6.07) is 9.98. The zero-order valence-electron chi connectivity index (χ0n) is 10.4. The predicted octanol–water partition coefficient (Wildman–Crippen LogP) is 1.97. The van der Waals surface area contributed by atoms with Crippen LogP contribution in [0.4, 0.5) is 0 Å². The number of rotatable bonds is 8. The van der Waals surface area contributed by atoms with Crippen LogP contribution in [0.25, 0.3) is 0 Å². The summed E-state index contributed by atoms with van der Waals surface area (Å²) in [6.07, 6.45) is 0.933. The quantitative estimate of drug-likeness (QED) is 0.681. The minimum Gasteiger partial charge on any atom is -0.396 e. The molecule has 1 aromatic rings. The number of benzene rings is 1. The number of hydrogen-bond donors (Lipinski definition) is 2. The third kappa shape index (κ3) is 5.31. The van der Waals surface area contributed by atoms with Crippen molar-refractivity contribution in [2.24, 2.45) is 5.92 Å². The molecular weight excluding hydrogens is 216 g/mol. The van der Waals surface area contributed by atoms with Gasteiger partial charge in [-0.2, -0.15) is 0 Å². The summed E-state index contributed by atoms with van der Waals surface area (Å²) >= 11 is 0. The van der Waals surface area contributed by atoms with Crippen LogP contribution in [-0.4, -0.2) is 29.5 Å². The molecule has 0 radical (unpaired) electrons. The normalized spacial score (nSPS) is 14.5. The largest absolute Gasteiger partial charge is 0.396 e. The molecule has 0 bridgehead atoms. The maximum absolute atomic E-state index is 9.62. The van der Waals surface area contributed by atoms with Crippen molar-refractivity contribution in [3.63, 3.8) is 0 Å². The molecule has 1 aromatic carbocycles.